The highest BCUT2D eigenvalue weighted by Crippen LogP contribution is 2.27. The number of likely N-dealkylation sites (N-methyl/N-ethyl adjacent to an activating group) is 1. The van der Waals surface area contributed by atoms with E-state index in [-0.39, 0.29) is 18.1 Å². The first-order valence-corrected chi connectivity index (χ1v) is 7.00. The molecule has 0 saturated heterocycles. The Morgan fingerprint density at radius 3 is 3.00 bits per heavy atom. The second-order valence-electron chi connectivity index (χ2n) is 5.05. The third kappa shape index (κ3) is 3.41. The summed E-state index contributed by atoms with van der Waals surface area (Å²) < 4.78 is 0. The van der Waals surface area contributed by atoms with Gasteiger partial charge in [0.25, 0.3) is 5.91 Å². The molecule has 0 aliphatic carbocycles. The van der Waals surface area contributed by atoms with Gasteiger partial charge in [-0.3, -0.25) is 4.79 Å². The fourth-order valence-corrected chi connectivity index (χ4v) is 2.46. The van der Waals surface area contributed by atoms with E-state index in [9.17, 15) is 10.1 Å². The highest BCUT2D eigenvalue weighted by atomic mass is 16.3. The molecule has 1 N–H and O–H groups in total. The molecular formula is C16H19N3O2. The Balaban J connectivity index is 2.26. The van der Waals surface area contributed by atoms with E-state index in [1.165, 1.54) is 6.20 Å². The first-order chi connectivity index (χ1) is 10.2. The van der Waals surface area contributed by atoms with E-state index in [4.69, 9.17) is 5.11 Å². The minimum absolute atomic E-state index is 0.0214. The zero-order chi connectivity index (χ0) is 15.2. The first-order valence-electron chi connectivity index (χ1n) is 7.00. The molecule has 5 heteroatoms. The lowest BCUT2D eigenvalue weighted by atomic mass is 10.0. The third-order valence-electron chi connectivity index (χ3n) is 3.51. The molecule has 0 unspecified atom stereocenters. The van der Waals surface area contributed by atoms with Crippen LogP contribution in [0.25, 0.3) is 0 Å². The lowest BCUT2D eigenvalue weighted by Gasteiger charge is -2.29. The van der Waals surface area contributed by atoms with Crippen molar-refractivity contribution in [2.24, 2.45) is 0 Å². The van der Waals surface area contributed by atoms with E-state index in [0.717, 1.165) is 24.1 Å². The van der Waals surface area contributed by atoms with E-state index < -0.39 is 0 Å². The molecule has 1 aliphatic rings. The van der Waals surface area contributed by atoms with Gasteiger partial charge in [-0.2, -0.15) is 5.26 Å². The summed E-state index contributed by atoms with van der Waals surface area (Å²) in [7, 11) is 1.73. The number of rotatable bonds is 4. The molecule has 21 heavy (non-hydrogen) atoms. The molecule has 1 aromatic carbocycles. The number of anilines is 1. The predicted octanol–water partition coefficient (Wildman–Crippen LogP) is 1.30. The summed E-state index contributed by atoms with van der Waals surface area (Å²) in [5, 5.41) is 18.1. The fraction of sp³-hybridized carbons (Fsp3) is 0.375. The zero-order valence-electron chi connectivity index (χ0n) is 12.1. The molecule has 1 amide bonds. The molecule has 1 aliphatic heterocycles. The Morgan fingerprint density at radius 1 is 1.52 bits per heavy atom. The van der Waals surface area contributed by atoms with Crippen molar-refractivity contribution >= 4 is 11.6 Å². The average Bonchev–Trinajstić information content (AvgIpc) is 2.51. The van der Waals surface area contributed by atoms with Crippen molar-refractivity contribution in [3.63, 3.8) is 0 Å². The maximum Gasteiger partial charge on any atom is 0.270 e. The highest BCUT2D eigenvalue weighted by molar-refractivity contribution is 6.08. The number of hydrogen-bond acceptors (Lipinski definition) is 4. The molecule has 1 heterocycles. The SMILES string of the molecule is CN(/C=C(/C#N)C(=O)N1CCCc2ccccc21)CCO. The number of nitriles is 1. The van der Waals surface area contributed by atoms with Crippen LogP contribution in [-0.2, 0) is 11.2 Å². The van der Waals surface area contributed by atoms with E-state index in [1.807, 2.05) is 30.3 Å². The molecule has 110 valence electrons. The van der Waals surface area contributed by atoms with Crippen molar-refractivity contribution in [2.75, 3.05) is 31.6 Å². The Morgan fingerprint density at radius 2 is 2.29 bits per heavy atom. The van der Waals surface area contributed by atoms with Crippen LogP contribution in [0.15, 0.2) is 36.0 Å². The number of aryl methyl sites for hydroxylation is 1. The number of aliphatic hydroxyl groups is 1. The van der Waals surface area contributed by atoms with Crippen molar-refractivity contribution in [1.82, 2.24) is 4.90 Å². The van der Waals surface area contributed by atoms with E-state index in [2.05, 4.69) is 0 Å². The van der Waals surface area contributed by atoms with Gasteiger partial charge < -0.3 is 14.9 Å². The lowest BCUT2D eigenvalue weighted by Crippen LogP contribution is -2.36. The Kier molecular flexibility index (Phi) is 4.96. The van der Waals surface area contributed by atoms with Crippen LogP contribution in [0.5, 0.6) is 0 Å². The van der Waals surface area contributed by atoms with Gasteiger partial charge in [0, 0.05) is 32.0 Å². The first kappa shape index (κ1) is 15.1. The molecule has 0 aromatic heterocycles. The van der Waals surface area contributed by atoms with Crippen molar-refractivity contribution in [1.29, 1.82) is 5.26 Å². The molecule has 1 aromatic rings. The van der Waals surface area contributed by atoms with Crippen LogP contribution in [0.2, 0.25) is 0 Å². The summed E-state index contributed by atoms with van der Waals surface area (Å²) >= 11 is 0. The van der Waals surface area contributed by atoms with Gasteiger partial charge in [0.15, 0.2) is 0 Å². The molecule has 2 rings (SSSR count). The topological polar surface area (TPSA) is 67.6 Å². The van der Waals surface area contributed by atoms with Crippen LogP contribution in [0.1, 0.15) is 12.0 Å². The molecule has 0 spiro atoms. The van der Waals surface area contributed by atoms with Gasteiger partial charge >= 0.3 is 0 Å². The van der Waals surface area contributed by atoms with E-state index in [1.54, 1.807) is 16.8 Å². The van der Waals surface area contributed by atoms with Gasteiger partial charge in [-0.1, -0.05) is 18.2 Å². The summed E-state index contributed by atoms with van der Waals surface area (Å²) in [5.41, 5.74) is 2.11. The smallest absolute Gasteiger partial charge is 0.270 e. The fourth-order valence-electron chi connectivity index (χ4n) is 2.46. The minimum atomic E-state index is -0.283. The van der Waals surface area contributed by atoms with Crippen LogP contribution < -0.4 is 4.90 Å². The van der Waals surface area contributed by atoms with E-state index in [0.29, 0.717) is 13.1 Å². The number of para-hydroxylation sites is 1. The normalized spacial score (nSPS) is 14.3. The second-order valence-corrected chi connectivity index (χ2v) is 5.05. The largest absolute Gasteiger partial charge is 0.395 e. The minimum Gasteiger partial charge on any atom is -0.395 e. The maximum absolute atomic E-state index is 12.6. The number of aliphatic hydroxyl groups excluding tert-OH is 1. The van der Waals surface area contributed by atoms with Gasteiger partial charge in [0.05, 0.1) is 6.61 Å². The average molecular weight is 285 g/mol. The number of benzene rings is 1. The van der Waals surface area contributed by atoms with Crippen LogP contribution in [0.4, 0.5) is 5.69 Å². The summed E-state index contributed by atoms with van der Waals surface area (Å²) in [6.45, 7) is 0.986. The Bertz CT molecular complexity index is 589. The number of carbonyl (C=O) groups is 1. The van der Waals surface area contributed by atoms with Crippen LogP contribution >= 0.6 is 0 Å². The zero-order valence-corrected chi connectivity index (χ0v) is 12.1. The van der Waals surface area contributed by atoms with Crippen molar-refractivity contribution in [3.8, 4) is 6.07 Å². The summed E-state index contributed by atoms with van der Waals surface area (Å²) in [5.74, 6) is -0.283. The number of nitrogens with zero attached hydrogens (tertiary/aromatic N) is 3. The molecule has 0 saturated carbocycles. The summed E-state index contributed by atoms with van der Waals surface area (Å²) in [4.78, 5) is 15.9. The van der Waals surface area contributed by atoms with Crippen molar-refractivity contribution in [2.45, 2.75) is 12.8 Å². The standard InChI is InChI=1S/C16H19N3O2/c1-18(9-10-20)12-14(11-17)16(21)19-8-4-6-13-5-2-3-7-15(13)19/h2-3,5,7,12,20H,4,6,8-10H2,1H3/b14-12-. The van der Waals surface area contributed by atoms with Crippen molar-refractivity contribution in [3.05, 3.63) is 41.6 Å². The van der Waals surface area contributed by atoms with Crippen LogP contribution in [0, 0.1) is 11.3 Å². The monoisotopic (exact) mass is 285 g/mol. The van der Waals surface area contributed by atoms with Crippen LogP contribution in [-0.4, -0.2) is 42.7 Å². The van der Waals surface area contributed by atoms with Gasteiger partial charge in [0.1, 0.15) is 11.6 Å². The van der Waals surface area contributed by atoms with Gasteiger partial charge in [-0.15, -0.1) is 0 Å². The molecule has 0 bridgehead atoms. The number of fused-ring (bicyclic) bond motifs is 1. The lowest BCUT2D eigenvalue weighted by molar-refractivity contribution is -0.114. The highest BCUT2D eigenvalue weighted by Gasteiger charge is 2.25. The predicted molar refractivity (Wildman–Crippen MR) is 80.5 cm³/mol. The molecule has 0 fully saturated rings. The van der Waals surface area contributed by atoms with Crippen LogP contribution in [0.3, 0.4) is 0 Å². The summed E-state index contributed by atoms with van der Waals surface area (Å²) in [6.07, 6.45) is 3.35. The molecule has 5 nitrogen and oxygen atoms in total. The Hall–Kier alpha value is -2.32. The van der Waals surface area contributed by atoms with E-state index >= 15 is 0 Å². The Labute approximate surface area is 124 Å². The quantitative estimate of drug-likeness (QED) is 0.669. The summed E-state index contributed by atoms with van der Waals surface area (Å²) in [6, 6.07) is 9.76. The van der Waals surface area contributed by atoms with Crippen molar-refractivity contribution < 1.29 is 9.90 Å². The number of amides is 1. The maximum atomic E-state index is 12.6. The molecule has 0 radical (unpaired) electrons. The third-order valence-corrected chi connectivity index (χ3v) is 3.51. The number of hydrogen-bond donors (Lipinski definition) is 1. The van der Waals surface area contributed by atoms with Gasteiger partial charge in [0.2, 0.25) is 0 Å². The second kappa shape index (κ2) is 6.91. The molecule has 0 atom stereocenters. The molecular weight excluding hydrogens is 266 g/mol. The number of carbonyl (C=O) groups excluding carboxylic acids is 1. The van der Waals surface area contributed by atoms with Gasteiger partial charge in [-0.25, -0.2) is 0 Å². The van der Waals surface area contributed by atoms with Gasteiger partial charge in [-0.05, 0) is 24.5 Å².